The van der Waals surface area contributed by atoms with E-state index >= 15 is 0 Å². The summed E-state index contributed by atoms with van der Waals surface area (Å²) >= 11 is 14.8. The van der Waals surface area contributed by atoms with Crippen molar-refractivity contribution in [2.24, 2.45) is 0 Å². The van der Waals surface area contributed by atoms with Gasteiger partial charge in [0.05, 0.1) is 18.2 Å². The molecular formula is C29H22Cl2FN3O4S2. The summed E-state index contributed by atoms with van der Waals surface area (Å²) in [6.07, 6.45) is 0.791. The van der Waals surface area contributed by atoms with E-state index in [9.17, 15) is 19.1 Å². The number of anilines is 1. The van der Waals surface area contributed by atoms with Crippen LogP contribution in [0.25, 0.3) is 5.76 Å². The Morgan fingerprint density at radius 3 is 2.61 bits per heavy atom. The first-order valence-electron chi connectivity index (χ1n) is 12.5. The molecule has 1 N–H and O–H groups in total. The molecule has 0 bridgehead atoms. The Morgan fingerprint density at radius 2 is 1.88 bits per heavy atom. The summed E-state index contributed by atoms with van der Waals surface area (Å²) in [6.45, 7) is 2.46. The number of ketones is 1. The molecule has 1 fully saturated rings. The number of aliphatic hydroxyl groups excluding tert-OH is 1. The van der Waals surface area contributed by atoms with Gasteiger partial charge in [-0.05, 0) is 66.1 Å². The predicted octanol–water partition coefficient (Wildman–Crippen LogP) is 7.69. The molecule has 1 aliphatic heterocycles. The fourth-order valence-electron chi connectivity index (χ4n) is 4.24. The molecule has 0 saturated carbocycles. The first kappa shape index (κ1) is 29.1. The molecule has 0 spiro atoms. The largest absolute Gasteiger partial charge is 0.507 e. The number of carbonyl (C=O) groups excluding carboxylic acids is 2. The van der Waals surface area contributed by atoms with Gasteiger partial charge < -0.3 is 9.84 Å². The van der Waals surface area contributed by atoms with E-state index in [0.29, 0.717) is 38.1 Å². The number of aromatic nitrogens is 2. The van der Waals surface area contributed by atoms with Crippen molar-refractivity contribution in [2.75, 3.05) is 11.5 Å². The lowest BCUT2D eigenvalue weighted by molar-refractivity contribution is -0.132. The van der Waals surface area contributed by atoms with Crippen LogP contribution in [0.2, 0.25) is 10.0 Å². The molecule has 1 unspecified atom stereocenters. The van der Waals surface area contributed by atoms with Gasteiger partial charge in [-0.3, -0.25) is 14.5 Å². The second-order valence-electron chi connectivity index (χ2n) is 8.97. The molecule has 1 amide bonds. The van der Waals surface area contributed by atoms with Gasteiger partial charge in [0.15, 0.2) is 4.34 Å². The van der Waals surface area contributed by atoms with E-state index in [1.807, 2.05) is 13.0 Å². The number of aliphatic hydroxyl groups is 1. The zero-order chi connectivity index (χ0) is 29.1. The number of halogens is 3. The first-order chi connectivity index (χ1) is 19.8. The Balaban J connectivity index is 1.54. The van der Waals surface area contributed by atoms with Gasteiger partial charge in [-0.15, -0.1) is 10.2 Å². The minimum atomic E-state index is -1.03. The van der Waals surface area contributed by atoms with Crippen molar-refractivity contribution in [2.45, 2.75) is 29.5 Å². The van der Waals surface area contributed by atoms with Crippen LogP contribution in [0.4, 0.5) is 9.52 Å². The van der Waals surface area contributed by atoms with Crippen LogP contribution < -0.4 is 9.64 Å². The molecule has 3 aromatic carbocycles. The Hall–Kier alpha value is -3.44. The highest BCUT2D eigenvalue weighted by Crippen LogP contribution is 2.44. The van der Waals surface area contributed by atoms with Crippen molar-refractivity contribution in [3.63, 3.8) is 0 Å². The lowest BCUT2D eigenvalue weighted by atomic mass is 9.95. The summed E-state index contributed by atoms with van der Waals surface area (Å²) in [6, 6.07) is 16.2. The third-order valence-electron chi connectivity index (χ3n) is 6.18. The van der Waals surface area contributed by atoms with E-state index in [-0.39, 0.29) is 16.3 Å². The van der Waals surface area contributed by atoms with Crippen LogP contribution >= 0.6 is 46.3 Å². The highest BCUT2D eigenvalue weighted by molar-refractivity contribution is 8.00. The van der Waals surface area contributed by atoms with E-state index in [1.165, 1.54) is 40.9 Å². The van der Waals surface area contributed by atoms with E-state index in [2.05, 4.69) is 10.2 Å². The summed E-state index contributed by atoms with van der Waals surface area (Å²) in [5.41, 5.74) is 1.42. The summed E-state index contributed by atoms with van der Waals surface area (Å²) in [7, 11) is 0. The molecule has 1 saturated heterocycles. The number of rotatable bonds is 9. The second kappa shape index (κ2) is 12.6. The summed E-state index contributed by atoms with van der Waals surface area (Å²) < 4.78 is 19.9. The van der Waals surface area contributed by atoms with Gasteiger partial charge in [0, 0.05) is 21.4 Å². The maximum absolute atomic E-state index is 13.6. The first-order valence-corrected chi connectivity index (χ1v) is 15.0. The highest BCUT2D eigenvalue weighted by atomic mass is 35.5. The average molecular weight is 631 g/mol. The number of hydrogen-bond acceptors (Lipinski definition) is 8. The van der Waals surface area contributed by atoms with Crippen LogP contribution in [0, 0.1) is 5.82 Å². The number of ether oxygens (including phenoxy) is 1. The van der Waals surface area contributed by atoms with Gasteiger partial charge in [-0.1, -0.05) is 71.4 Å². The lowest BCUT2D eigenvalue weighted by Crippen LogP contribution is -2.29. The van der Waals surface area contributed by atoms with Gasteiger partial charge in [0.2, 0.25) is 5.13 Å². The second-order valence-corrected chi connectivity index (χ2v) is 12.0. The number of Topliss-reactive ketones (excluding diaryl/α,β-unsaturated/α-hetero) is 1. The van der Waals surface area contributed by atoms with Crippen LogP contribution in [0.5, 0.6) is 5.75 Å². The number of hydrogen-bond donors (Lipinski definition) is 1. The fraction of sp³-hybridized carbons (Fsp3) is 0.172. The average Bonchev–Trinajstić information content (AvgIpc) is 3.53. The zero-order valence-corrected chi connectivity index (χ0v) is 24.7. The molecule has 41 heavy (non-hydrogen) atoms. The molecule has 5 rings (SSSR count). The molecule has 0 radical (unpaired) electrons. The van der Waals surface area contributed by atoms with Crippen LogP contribution in [-0.4, -0.2) is 33.6 Å². The maximum Gasteiger partial charge on any atom is 0.301 e. The van der Waals surface area contributed by atoms with Gasteiger partial charge in [0.1, 0.15) is 17.3 Å². The molecule has 0 aliphatic carbocycles. The summed E-state index contributed by atoms with van der Waals surface area (Å²) in [4.78, 5) is 28.1. The van der Waals surface area contributed by atoms with Gasteiger partial charge in [-0.2, -0.15) is 0 Å². The van der Waals surface area contributed by atoms with E-state index in [1.54, 1.807) is 36.4 Å². The molecule has 2 heterocycles. The SMILES string of the molecule is CCCOc1cccc(C2C(=C(O)c3ccc(F)cc3)C(=O)C(=O)N2c2nnc(SCc3ccc(Cl)cc3Cl)s2)c1. The van der Waals surface area contributed by atoms with E-state index in [0.717, 1.165) is 23.3 Å². The number of carbonyl (C=O) groups is 2. The fourth-order valence-corrected chi connectivity index (χ4v) is 6.67. The quantitative estimate of drug-likeness (QED) is 0.0667. The van der Waals surface area contributed by atoms with Crippen molar-refractivity contribution in [3.8, 4) is 5.75 Å². The topological polar surface area (TPSA) is 92.6 Å². The molecule has 210 valence electrons. The van der Waals surface area contributed by atoms with Crippen molar-refractivity contribution in [1.29, 1.82) is 0 Å². The molecule has 1 aliphatic rings. The Bertz CT molecular complexity index is 1650. The van der Waals surface area contributed by atoms with Crippen LogP contribution in [-0.2, 0) is 15.3 Å². The monoisotopic (exact) mass is 629 g/mol. The Labute approximate surface area is 253 Å². The normalized spacial score (nSPS) is 16.4. The van der Waals surface area contributed by atoms with Gasteiger partial charge in [0.25, 0.3) is 5.78 Å². The maximum atomic E-state index is 13.6. The molecular weight excluding hydrogens is 608 g/mol. The number of benzene rings is 3. The van der Waals surface area contributed by atoms with Crippen molar-refractivity contribution in [3.05, 3.63) is 105 Å². The Morgan fingerprint density at radius 1 is 1.10 bits per heavy atom. The lowest BCUT2D eigenvalue weighted by Gasteiger charge is -2.23. The van der Waals surface area contributed by atoms with Gasteiger partial charge >= 0.3 is 5.91 Å². The molecule has 7 nitrogen and oxygen atoms in total. The molecule has 4 aromatic rings. The van der Waals surface area contributed by atoms with Crippen molar-refractivity contribution in [1.82, 2.24) is 10.2 Å². The number of amides is 1. The molecule has 1 aromatic heterocycles. The number of nitrogens with zero attached hydrogens (tertiary/aromatic N) is 3. The Kier molecular flexibility index (Phi) is 8.94. The molecule has 12 heteroatoms. The van der Waals surface area contributed by atoms with Crippen LogP contribution in [0.3, 0.4) is 0 Å². The van der Waals surface area contributed by atoms with Gasteiger partial charge in [-0.25, -0.2) is 4.39 Å². The number of thioether (sulfide) groups is 1. The minimum absolute atomic E-state index is 0.147. The summed E-state index contributed by atoms with van der Waals surface area (Å²) in [5.74, 6) is -1.66. The van der Waals surface area contributed by atoms with Crippen LogP contribution in [0.1, 0.15) is 36.1 Å². The standard InChI is InChI=1S/C29H22Cl2FN3O4S2/c1-2-12-39-21-5-3-4-17(13-21)24-23(25(36)16-7-10-20(32)11-8-16)26(37)27(38)35(24)28-33-34-29(41-28)40-15-18-6-9-19(30)14-22(18)31/h3-11,13-14,24,36H,2,12,15H2,1H3. The van der Waals surface area contributed by atoms with Crippen LogP contribution in [0.15, 0.2) is 76.6 Å². The third-order valence-corrected chi connectivity index (χ3v) is 8.87. The van der Waals surface area contributed by atoms with E-state index in [4.69, 9.17) is 27.9 Å². The summed E-state index contributed by atoms with van der Waals surface area (Å²) in [5, 5.41) is 20.9. The third kappa shape index (κ3) is 6.25. The van der Waals surface area contributed by atoms with Crippen molar-refractivity contribution < 1.29 is 23.8 Å². The minimum Gasteiger partial charge on any atom is -0.507 e. The van der Waals surface area contributed by atoms with Crippen molar-refractivity contribution >= 4 is 68.9 Å². The van der Waals surface area contributed by atoms with E-state index < -0.39 is 29.3 Å². The smallest absolute Gasteiger partial charge is 0.301 e. The zero-order valence-electron chi connectivity index (χ0n) is 21.5. The molecule has 1 atom stereocenters. The highest BCUT2D eigenvalue weighted by Gasteiger charge is 2.48. The predicted molar refractivity (Wildman–Crippen MR) is 159 cm³/mol.